The molecule has 0 saturated carbocycles. The Morgan fingerprint density at radius 1 is 1.00 bits per heavy atom. The van der Waals surface area contributed by atoms with Crippen molar-refractivity contribution in [1.29, 1.82) is 0 Å². The van der Waals surface area contributed by atoms with Crippen molar-refractivity contribution < 1.29 is 39.9 Å². The molecule has 0 spiro atoms. The van der Waals surface area contributed by atoms with Crippen LogP contribution in [0.2, 0.25) is 0 Å². The molecule has 0 bridgehead atoms. The fourth-order valence-electron chi connectivity index (χ4n) is 0.632. The van der Waals surface area contributed by atoms with Crippen LogP contribution in [0.25, 0.3) is 0 Å². The minimum absolute atomic E-state index is 0. The van der Waals surface area contributed by atoms with E-state index in [0.717, 1.165) is 12.8 Å². The topological polar surface area (TPSA) is 210 Å². The van der Waals surface area contributed by atoms with Crippen LogP contribution in [0, 0.1) is 0 Å². The van der Waals surface area contributed by atoms with Crippen molar-refractivity contribution in [3.8, 4) is 0 Å². The summed E-state index contributed by atoms with van der Waals surface area (Å²) in [6.07, 6.45) is -2.00. The number of unbranched alkanes of at least 4 members (excludes halogenated alkanes) is 1. The summed E-state index contributed by atoms with van der Waals surface area (Å²) in [6.45, 7) is 0.604. The van der Waals surface area contributed by atoms with Gasteiger partial charge in [0.15, 0.2) is 0 Å². The summed E-state index contributed by atoms with van der Waals surface area (Å²) in [5.41, 5.74) is 10.4. The van der Waals surface area contributed by atoms with Crippen molar-refractivity contribution >= 4 is 68.4 Å². The zero-order valence-electron chi connectivity index (χ0n) is 10.6. The summed E-state index contributed by atoms with van der Waals surface area (Å²) in [5.74, 6) is -0.933. The van der Waals surface area contributed by atoms with E-state index in [-0.39, 0.29) is 50.1 Å². The molecule has 0 aromatic carbocycles. The van der Waals surface area contributed by atoms with Gasteiger partial charge in [0.25, 0.3) is 0 Å². The van der Waals surface area contributed by atoms with Crippen LogP contribution in [-0.2, 0) is 4.79 Å². The molecule has 7 N–H and O–H groups in total. The molecule has 1 unspecified atom stereocenters. The number of rotatable bonds is 5. The van der Waals surface area contributed by atoms with Crippen molar-refractivity contribution in [3.05, 3.63) is 0 Å². The summed E-state index contributed by atoms with van der Waals surface area (Å²) in [7, 11) is 0. The number of hydrogen-bond acceptors (Lipinski definition) is 7. The number of hydrogen-bond donors (Lipinski definition) is 5. The van der Waals surface area contributed by atoms with Gasteiger partial charge < -0.3 is 46.6 Å². The van der Waals surface area contributed by atoms with Crippen molar-refractivity contribution in [2.24, 2.45) is 11.5 Å². The normalized spacial score (nSPS) is 8.90. The van der Waals surface area contributed by atoms with Gasteiger partial charge in [0.1, 0.15) is 6.04 Å². The predicted molar refractivity (Wildman–Crippen MR) is 67.6 cm³/mol. The molecule has 20 heavy (non-hydrogen) atoms. The van der Waals surface area contributed by atoms with Gasteiger partial charge in [0, 0.05) is 0 Å². The summed E-state index contributed by atoms with van der Waals surface area (Å²) < 4.78 is 0. The fourth-order valence-corrected chi connectivity index (χ4v) is 0.632. The maximum absolute atomic E-state index is 10.1. The maximum Gasteiger partial charge on any atom is 2.00 e. The number of nitrogens with two attached hydrogens (primary N) is 2. The van der Waals surface area contributed by atoms with E-state index in [1.165, 1.54) is 0 Å². The number of carbonyl (C=O) groups is 3. The van der Waals surface area contributed by atoms with Gasteiger partial charge in [-0.3, -0.25) is 4.79 Å². The summed E-state index contributed by atoms with van der Waals surface area (Å²) in [4.78, 5) is 27.0. The maximum atomic E-state index is 10.1. The number of halogens is 1. The van der Waals surface area contributed by atoms with E-state index in [0.29, 0.717) is 13.0 Å². The molecular weight excluding hydrogens is 328 g/mol. The molecule has 0 aliphatic heterocycles. The van der Waals surface area contributed by atoms with Gasteiger partial charge in [-0.1, -0.05) is 6.42 Å². The van der Waals surface area contributed by atoms with Crippen molar-refractivity contribution in [3.63, 3.8) is 0 Å². The first-order valence-corrected chi connectivity index (χ1v) is 4.63. The Balaban J connectivity index is -0.0000000637. The molecule has 0 aromatic rings. The number of carboxylic acid groups (broad SMARTS) is 5. The monoisotopic (exact) mass is 344 g/mol. The second kappa shape index (κ2) is 23.6. The van der Waals surface area contributed by atoms with Crippen LogP contribution < -0.4 is 21.7 Å². The molecule has 0 aliphatic rings. The molecule has 0 radical (unpaired) electrons. The van der Waals surface area contributed by atoms with Crippen molar-refractivity contribution in [1.82, 2.24) is 0 Å². The van der Waals surface area contributed by atoms with Gasteiger partial charge in [-0.25, -0.2) is 0 Å². The first-order valence-electron chi connectivity index (χ1n) is 4.63. The molecule has 0 heterocycles. The van der Waals surface area contributed by atoms with E-state index in [1.807, 2.05) is 0 Å². The van der Waals surface area contributed by atoms with E-state index in [1.54, 1.807) is 0 Å². The second-order valence-electron chi connectivity index (χ2n) is 2.76. The molecule has 0 fully saturated rings. The molecule has 12 heteroatoms. The van der Waals surface area contributed by atoms with Crippen LogP contribution in [0.3, 0.4) is 0 Å². The van der Waals surface area contributed by atoms with Crippen LogP contribution in [0.5, 0.6) is 0 Å². The van der Waals surface area contributed by atoms with E-state index in [4.69, 9.17) is 46.6 Å². The van der Waals surface area contributed by atoms with Gasteiger partial charge in [0.05, 0.1) is 0 Å². The van der Waals surface area contributed by atoms with Crippen molar-refractivity contribution in [2.75, 3.05) is 6.54 Å². The Hall–Kier alpha value is -0.520. The van der Waals surface area contributed by atoms with E-state index in [9.17, 15) is 4.79 Å². The summed E-state index contributed by atoms with van der Waals surface area (Å²) in [5, 5.41) is 38.9. The molecule has 0 amide bonds. The van der Waals surface area contributed by atoms with Crippen molar-refractivity contribution in [2.45, 2.75) is 25.3 Å². The first-order chi connectivity index (χ1) is 8.14. The van der Waals surface area contributed by atoms with Crippen LogP contribution in [-0.4, -0.2) is 83.9 Å². The third-order valence-electron chi connectivity index (χ3n) is 1.29. The smallest absolute Gasteiger partial charge is 0.565 e. The minimum Gasteiger partial charge on any atom is -0.565 e. The molecule has 116 valence electrons. The van der Waals surface area contributed by atoms with Crippen LogP contribution in [0.4, 0.5) is 9.59 Å². The summed E-state index contributed by atoms with van der Waals surface area (Å²) in [6, 6.07) is -0.716. The average molecular weight is 345 g/mol. The predicted octanol–water partition coefficient (Wildman–Crippen LogP) is -2.66. The molecular formula is C8H17CaClN2O8. The average Bonchev–Trinajstić information content (AvgIpc) is 2.15. The molecule has 0 aromatic heterocycles. The largest absolute Gasteiger partial charge is 2.00 e. The van der Waals surface area contributed by atoms with Crippen LogP contribution >= 0.6 is 12.4 Å². The second-order valence-corrected chi connectivity index (χ2v) is 2.76. The third kappa shape index (κ3) is 66.0. The zero-order valence-corrected chi connectivity index (χ0v) is 13.6. The Morgan fingerprint density at radius 2 is 1.30 bits per heavy atom. The quantitative estimate of drug-likeness (QED) is 0.258. The zero-order chi connectivity index (χ0) is 15.1. The van der Waals surface area contributed by atoms with Crippen LogP contribution in [0.15, 0.2) is 0 Å². The van der Waals surface area contributed by atoms with Gasteiger partial charge in [-0.15, -0.1) is 12.4 Å². The standard InChI is InChI=1S/C6H14N2O2.2CH2O3.Ca.ClH/c7-4-2-1-3-5(8)6(9)10;2*2-1(3)4;;/h5H,1-4,7-8H2,(H,9,10);2*(H2,2,3,4);;1H/q;;;+2;/p-2. The first kappa shape index (κ1) is 31.7. The molecule has 1 atom stereocenters. The number of aliphatic carboxylic acids is 1. The fraction of sp³-hybridized carbons (Fsp3) is 0.625. The molecule has 0 rings (SSSR count). The van der Waals surface area contributed by atoms with Gasteiger partial charge in [0.2, 0.25) is 12.3 Å². The van der Waals surface area contributed by atoms with Gasteiger partial charge in [-0.2, -0.15) is 0 Å². The number of carboxylic acids is 1. The summed E-state index contributed by atoms with van der Waals surface area (Å²) >= 11 is 0. The van der Waals surface area contributed by atoms with E-state index in [2.05, 4.69) is 0 Å². The third-order valence-corrected chi connectivity index (χ3v) is 1.29. The minimum atomic E-state index is -2.08. The molecule has 0 aliphatic carbocycles. The van der Waals surface area contributed by atoms with E-state index < -0.39 is 24.3 Å². The van der Waals surface area contributed by atoms with Gasteiger partial charge in [-0.05, 0) is 19.4 Å². The Bertz CT molecular complexity index is 237. The SMILES string of the molecule is Cl.NCCCCC(N)C(=O)O.O=C([O-])O.O=C([O-])O.[Ca+2]. The molecule has 0 saturated heterocycles. The van der Waals surface area contributed by atoms with Gasteiger partial charge >= 0.3 is 43.7 Å². The van der Waals surface area contributed by atoms with Crippen LogP contribution in [0.1, 0.15) is 19.3 Å². The Labute approximate surface area is 151 Å². The Kier molecular flexibility index (Phi) is 37.4. The van der Waals surface area contributed by atoms with E-state index >= 15 is 0 Å². The Morgan fingerprint density at radius 3 is 1.50 bits per heavy atom. The molecule has 10 nitrogen and oxygen atoms in total.